The quantitative estimate of drug-likeness (QED) is 0.843. The summed E-state index contributed by atoms with van der Waals surface area (Å²) < 4.78 is 0. The fourth-order valence-electron chi connectivity index (χ4n) is 1.87. The molecule has 1 aromatic heterocycles. The maximum absolute atomic E-state index is 12.4. The van der Waals surface area contributed by atoms with Crippen LogP contribution in [0, 0.1) is 12.8 Å². The molecule has 4 heteroatoms. The number of para-hydroxylation sites is 1. The van der Waals surface area contributed by atoms with E-state index in [2.05, 4.69) is 4.98 Å². The monoisotopic (exact) mass is 258 g/mol. The van der Waals surface area contributed by atoms with E-state index in [9.17, 15) is 4.79 Å². The maximum atomic E-state index is 12.4. The van der Waals surface area contributed by atoms with Crippen molar-refractivity contribution in [2.24, 2.45) is 5.92 Å². The van der Waals surface area contributed by atoms with Crippen LogP contribution in [-0.4, -0.2) is 10.9 Å². The van der Waals surface area contributed by atoms with Gasteiger partial charge in [-0.15, -0.1) is 11.3 Å². The van der Waals surface area contributed by atoms with E-state index >= 15 is 0 Å². The first-order valence-corrected chi connectivity index (χ1v) is 6.95. The molecule has 3 nitrogen and oxygen atoms in total. The van der Waals surface area contributed by atoms with Gasteiger partial charge in [-0.1, -0.05) is 18.2 Å². The molecule has 0 saturated heterocycles. The van der Waals surface area contributed by atoms with Gasteiger partial charge in [0, 0.05) is 11.3 Å². The predicted molar refractivity (Wildman–Crippen MR) is 73.2 cm³/mol. The van der Waals surface area contributed by atoms with Crippen molar-refractivity contribution in [3.8, 4) is 0 Å². The minimum Gasteiger partial charge on any atom is -0.274 e. The van der Waals surface area contributed by atoms with Crippen LogP contribution < -0.4 is 4.90 Å². The topological polar surface area (TPSA) is 33.2 Å². The molecule has 1 saturated carbocycles. The normalized spacial score (nSPS) is 14.5. The number of hydrogen-bond acceptors (Lipinski definition) is 3. The van der Waals surface area contributed by atoms with Crippen LogP contribution in [0.1, 0.15) is 18.5 Å². The zero-order valence-corrected chi connectivity index (χ0v) is 11.0. The summed E-state index contributed by atoms with van der Waals surface area (Å²) in [6.45, 7) is 1.95. The molecule has 92 valence electrons. The van der Waals surface area contributed by atoms with E-state index in [-0.39, 0.29) is 11.8 Å². The molecule has 1 amide bonds. The molecule has 0 bridgehead atoms. The smallest absolute Gasteiger partial charge is 0.236 e. The molecule has 0 spiro atoms. The van der Waals surface area contributed by atoms with Crippen molar-refractivity contribution in [1.29, 1.82) is 0 Å². The van der Waals surface area contributed by atoms with E-state index in [4.69, 9.17) is 0 Å². The van der Waals surface area contributed by atoms with Crippen LogP contribution in [0.25, 0.3) is 0 Å². The predicted octanol–water partition coefficient (Wildman–Crippen LogP) is 3.53. The number of thiazole rings is 1. The number of hydrogen-bond donors (Lipinski definition) is 0. The number of benzene rings is 1. The van der Waals surface area contributed by atoms with E-state index in [0.29, 0.717) is 0 Å². The molecule has 0 atom stereocenters. The summed E-state index contributed by atoms with van der Waals surface area (Å²) in [5.74, 6) is 0.366. The van der Waals surface area contributed by atoms with Crippen LogP contribution in [-0.2, 0) is 4.79 Å². The van der Waals surface area contributed by atoms with Gasteiger partial charge in [0.15, 0.2) is 5.13 Å². The SMILES string of the molecule is Cc1csc(N(C(=O)C2CC2)c2ccccc2)n1. The van der Waals surface area contributed by atoms with Gasteiger partial charge in [0.1, 0.15) is 0 Å². The van der Waals surface area contributed by atoms with Crippen molar-refractivity contribution in [2.75, 3.05) is 4.90 Å². The molecule has 0 radical (unpaired) electrons. The fraction of sp³-hybridized carbons (Fsp3) is 0.286. The first-order valence-electron chi connectivity index (χ1n) is 6.07. The highest BCUT2D eigenvalue weighted by atomic mass is 32.1. The zero-order valence-electron chi connectivity index (χ0n) is 10.2. The molecule has 1 aromatic carbocycles. The molecular weight excluding hydrogens is 244 g/mol. The third kappa shape index (κ3) is 2.16. The van der Waals surface area contributed by atoms with Gasteiger partial charge in [-0.05, 0) is 31.9 Å². The minimum absolute atomic E-state index is 0.176. The number of carbonyl (C=O) groups is 1. The average Bonchev–Trinajstić information content (AvgIpc) is 3.15. The number of aromatic nitrogens is 1. The Bertz CT molecular complexity index is 560. The number of aryl methyl sites for hydroxylation is 1. The largest absolute Gasteiger partial charge is 0.274 e. The second-order valence-electron chi connectivity index (χ2n) is 4.55. The lowest BCUT2D eigenvalue weighted by atomic mass is 10.2. The number of anilines is 2. The van der Waals surface area contributed by atoms with Gasteiger partial charge in [-0.3, -0.25) is 9.69 Å². The van der Waals surface area contributed by atoms with Gasteiger partial charge in [0.2, 0.25) is 5.91 Å². The van der Waals surface area contributed by atoms with Gasteiger partial charge in [-0.2, -0.15) is 0 Å². The van der Waals surface area contributed by atoms with E-state index < -0.39 is 0 Å². The first-order chi connectivity index (χ1) is 8.75. The maximum Gasteiger partial charge on any atom is 0.236 e. The Morgan fingerprint density at radius 2 is 2.06 bits per heavy atom. The van der Waals surface area contributed by atoms with Crippen LogP contribution in [0.3, 0.4) is 0 Å². The minimum atomic E-state index is 0.176. The lowest BCUT2D eigenvalue weighted by molar-refractivity contribution is -0.119. The number of carbonyl (C=O) groups excluding carboxylic acids is 1. The van der Waals surface area contributed by atoms with Crippen molar-refractivity contribution < 1.29 is 4.79 Å². The van der Waals surface area contributed by atoms with Crippen molar-refractivity contribution in [3.05, 3.63) is 41.4 Å². The van der Waals surface area contributed by atoms with E-state index in [1.54, 1.807) is 4.90 Å². The highest BCUT2D eigenvalue weighted by molar-refractivity contribution is 7.14. The van der Waals surface area contributed by atoms with Gasteiger partial charge in [0.05, 0.1) is 11.4 Å². The van der Waals surface area contributed by atoms with Gasteiger partial charge < -0.3 is 0 Å². The summed E-state index contributed by atoms with van der Waals surface area (Å²) >= 11 is 1.52. The summed E-state index contributed by atoms with van der Waals surface area (Å²) in [5.41, 5.74) is 1.86. The summed E-state index contributed by atoms with van der Waals surface area (Å²) in [4.78, 5) is 18.6. The third-order valence-corrected chi connectivity index (χ3v) is 3.90. The Labute approximate surface area is 110 Å². The standard InChI is InChI=1S/C14H14N2OS/c1-10-9-18-14(15-10)16(13(17)11-7-8-11)12-5-3-2-4-6-12/h2-6,9,11H,7-8H2,1H3. The van der Waals surface area contributed by atoms with Crippen LogP contribution in [0.5, 0.6) is 0 Å². The highest BCUT2D eigenvalue weighted by Crippen LogP contribution is 2.37. The van der Waals surface area contributed by atoms with Crippen LogP contribution >= 0.6 is 11.3 Å². The third-order valence-electron chi connectivity index (χ3n) is 2.96. The molecule has 1 aliphatic carbocycles. The van der Waals surface area contributed by atoms with E-state index in [1.165, 1.54) is 11.3 Å². The molecule has 1 aliphatic rings. The number of amides is 1. The molecule has 3 rings (SSSR count). The molecular formula is C14H14N2OS. The Balaban J connectivity index is 2.00. The molecule has 2 aromatic rings. The lowest BCUT2D eigenvalue weighted by Gasteiger charge is -2.19. The van der Waals surface area contributed by atoms with Crippen LogP contribution in [0.2, 0.25) is 0 Å². The Morgan fingerprint density at radius 3 is 2.61 bits per heavy atom. The lowest BCUT2D eigenvalue weighted by Crippen LogP contribution is -2.27. The van der Waals surface area contributed by atoms with Gasteiger partial charge in [-0.25, -0.2) is 4.98 Å². The van der Waals surface area contributed by atoms with Crippen LogP contribution in [0.4, 0.5) is 10.8 Å². The zero-order chi connectivity index (χ0) is 12.5. The Hall–Kier alpha value is -1.68. The van der Waals surface area contributed by atoms with Crippen molar-refractivity contribution >= 4 is 28.1 Å². The summed E-state index contributed by atoms with van der Waals surface area (Å²) in [6.07, 6.45) is 2.01. The van der Waals surface area contributed by atoms with Gasteiger partial charge >= 0.3 is 0 Å². The molecule has 1 fully saturated rings. The highest BCUT2D eigenvalue weighted by Gasteiger charge is 2.35. The number of nitrogens with zero attached hydrogens (tertiary/aromatic N) is 2. The Kier molecular flexibility index (Phi) is 2.88. The second kappa shape index (κ2) is 4.53. The fourth-order valence-corrected chi connectivity index (χ4v) is 2.69. The molecule has 0 unspecified atom stereocenters. The van der Waals surface area contributed by atoms with E-state index in [1.807, 2.05) is 42.6 Å². The van der Waals surface area contributed by atoms with Crippen molar-refractivity contribution in [2.45, 2.75) is 19.8 Å². The van der Waals surface area contributed by atoms with Crippen molar-refractivity contribution in [1.82, 2.24) is 4.98 Å². The van der Waals surface area contributed by atoms with Gasteiger partial charge in [0.25, 0.3) is 0 Å². The van der Waals surface area contributed by atoms with Crippen molar-refractivity contribution in [3.63, 3.8) is 0 Å². The summed E-state index contributed by atoms with van der Waals surface area (Å²) in [6, 6.07) is 9.76. The Morgan fingerprint density at radius 1 is 1.33 bits per heavy atom. The second-order valence-corrected chi connectivity index (χ2v) is 5.39. The summed E-state index contributed by atoms with van der Waals surface area (Å²) in [7, 11) is 0. The van der Waals surface area contributed by atoms with E-state index in [0.717, 1.165) is 29.4 Å². The molecule has 0 N–H and O–H groups in total. The average molecular weight is 258 g/mol. The number of rotatable bonds is 3. The molecule has 0 aliphatic heterocycles. The molecule has 18 heavy (non-hydrogen) atoms. The van der Waals surface area contributed by atoms with Crippen LogP contribution in [0.15, 0.2) is 35.7 Å². The first kappa shape index (κ1) is 11.4. The molecule has 1 heterocycles. The summed E-state index contributed by atoms with van der Waals surface area (Å²) in [5, 5.41) is 2.75.